The van der Waals surface area contributed by atoms with E-state index in [1.165, 1.54) is 0 Å². The second kappa shape index (κ2) is 5.35. The summed E-state index contributed by atoms with van der Waals surface area (Å²) in [5, 5.41) is 0. The van der Waals surface area contributed by atoms with Gasteiger partial charge in [0.15, 0.2) is 0 Å². The van der Waals surface area contributed by atoms with Crippen LogP contribution in [0.5, 0.6) is 0 Å². The lowest BCUT2D eigenvalue weighted by Crippen LogP contribution is -2.12. The first-order valence-corrected chi connectivity index (χ1v) is 3.27. The highest BCUT2D eigenvalue weighted by Gasteiger charge is 2.26. The lowest BCUT2D eigenvalue weighted by Gasteiger charge is -2.05. The third-order valence-electron chi connectivity index (χ3n) is 0.952. The summed E-state index contributed by atoms with van der Waals surface area (Å²) in [7, 11) is 0. The molecule has 0 aromatic heterocycles. The topological polar surface area (TPSA) is 9.23 Å². The minimum atomic E-state index is -4.17. The molecule has 0 rings (SSSR count). The van der Waals surface area contributed by atoms with Crippen LogP contribution in [0, 0.1) is 0 Å². The number of rotatable bonds is 5. The largest absolute Gasteiger partial charge is 0.391 e. The van der Waals surface area contributed by atoms with E-state index in [0.717, 1.165) is 0 Å². The third kappa shape index (κ3) is 9.68. The van der Waals surface area contributed by atoms with Gasteiger partial charge in [-0.15, -0.1) is 0 Å². The molecular weight excluding hydrogens is 164 g/mol. The zero-order chi connectivity index (χ0) is 8.74. The summed E-state index contributed by atoms with van der Waals surface area (Å²) in [5.41, 5.74) is 0. The molecule has 0 N–H and O–H groups in total. The quantitative estimate of drug-likeness (QED) is 0.459. The molecule has 1 nitrogen and oxygen atoms in total. The van der Waals surface area contributed by atoms with E-state index in [-0.39, 0.29) is 19.6 Å². The summed E-state index contributed by atoms with van der Waals surface area (Å²) in [6.07, 6.45) is -4.97. The van der Waals surface area contributed by atoms with E-state index >= 15 is 0 Å². The Kier molecular flexibility index (Phi) is 5.19. The van der Waals surface area contributed by atoms with Crippen LogP contribution in [0.1, 0.15) is 12.8 Å². The van der Waals surface area contributed by atoms with E-state index in [1.54, 1.807) is 0 Å². The first kappa shape index (κ1) is 10.7. The van der Waals surface area contributed by atoms with Crippen molar-refractivity contribution in [1.29, 1.82) is 0 Å². The van der Waals surface area contributed by atoms with Crippen molar-refractivity contribution in [3.63, 3.8) is 0 Å². The Bertz CT molecular complexity index is 91.1. The van der Waals surface area contributed by atoms with Gasteiger partial charge in [0.1, 0.15) is 0 Å². The second-order valence-electron chi connectivity index (χ2n) is 2.02. The zero-order valence-corrected chi connectivity index (χ0v) is 5.96. The molecular formula is C6H10F4O. The molecule has 5 heteroatoms. The van der Waals surface area contributed by atoms with Crippen LogP contribution in [0.15, 0.2) is 0 Å². The van der Waals surface area contributed by atoms with Crippen LogP contribution < -0.4 is 0 Å². The van der Waals surface area contributed by atoms with Crippen LogP contribution in [0.2, 0.25) is 0 Å². The molecule has 0 heterocycles. The molecule has 0 unspecified atom stereocenters. The van der Waals surface area contributed by atoms with Crippen molar-refractivity contribution < 1.29 is 22.3 Å². The molecule has 0 atom stereocenters. The summed E-state index contributed by atoms with van der Waals surface area (Å²) in [6.45, 7) is -0.859. The van der Waals surface area contributed by atoms with Crippen molar-refractivity contribution in [2.75, 3.05) is 19.9 Å². The Morgan fingerprint density at radius 2 is 1.73 bits per heavy atom. The fourth-order valence-corrected chi connectivity index (χ4v) is 0.447. The van der Waals surface area contributed by atoms with Crippen LogP contribution in [-0.4, -0.2) is 26.1 Å². The van der Waals surface area contributed by atoms with E-state index in [2.05, 4.69) is 4.74 Å². The van der Waals surface area contributed by atoms with Gasteiger partial charge in [-0.3, -0.25) is 4.39 Å². The van der Waals surface area contributed by atoms with Crippen molar-refractivity contribution in [3.05, 3.63) is 0 Å². The van der Waals surface area contributed by atoms with Crippen LogP contribution in [0.3, 0.4) is 0 Å². The summed E-state index contributed by atoms with van der Waals surface area (Å²) in [4.78, 5) is 0. The van der Waals surface area contributed by atoms with E-state index < -0.39 is 19.3 Å². The van der Waals surface area contributed by atoms with E-state index in [1.807, 2.05) is 0 Å². The highest BCUT2D eigenvalue weighted by Crippen LogP contribution is 2.18. The van der Waals surface area contributed by atoms with Gasteiger partial charge in [-0.25, -0.2) is 0 Å². The van der Waals surface area contributed by atoms with Crippen LogP contribution in [-0.2, 0) is 4.74 Å². The van der Waals surface area contributed by atoms with E-state index in [9.17, 15) is 17.6 Å². The van der Waals surface area contributed by atoms with Gasteiger partial charge >= 0.3 is 6.18 Å². The number of hydrogen-bond donors (Lipinski definition) is 0. The molecule has 0 aromatic rings. The lowest BCUT2D eigenvalue weighted by molar-refractivity contribution is -0.145. The highest BCUT2D eigenvalue weighted by molar-refractivity contribution is 4.47. The average molecular weight is 174 g/mol. The van der Waals surface area contributed by atoms with Crippen molar-refractivity contribution in [2.24, 2.45) is 0 Å². The molecule has 0 bridgehead atoms. The molecule has 68 valence electrons. The maximum Gasteiger partial charge on any atom is 0.391 e. The third-order valence-corrected chi connectivity index (χ3v) is 0.952. The average Bonchev–Trinajstić information content (AvgIpc) is 1.85. The summed E-state index contributed by atoms with van der Waals surface area (Å²) >= 11 is 0. The molecule has 0 aromatic carbocycles. The lowest BCUT2D eigenvalue weighted by atomic mass is 10.4. The van der Waals surface area contributed by atoms with Gasteiger partial charge in [-0.1, -0.05) is 0 Å². The summed E-state index contributed by atoms with van der Waals surface area (Å²) in [6, 6.07) is 0. The van der Waals surface area contributed by atoms with E-state index in [0.29, 0.717) is 0 Å². The minimum absolute atomic E-state index is 0.0621. The van der Waals surface area contributed by atoms with Gasteiger partial charge in [0.05, 0.1) is 19.7 Å². The first-order chi connectivity index (χ1) is 5.06. The standard InChI is InChI=1S/C6H10F4O/c7-3-1-4-11-5-2-6(8,9)10/h1-5H2. The fourth-order valence-electron chi connectivity index (χ4n) is 0.447. The van der Waals surface area contributed by atoms with Gasteiger partial charge in [0.2, 0.25) is 0 Å². The molecule has 0 aliphatic rings. The number of alkyl halides is 4. The zero-order valence-electron chi connectivity index (χ0n) is 5.96. The number of hydrogen-bond acceptors (Lipinski definition) is 1. The molecule has 0 aliphatic carbocycles. The highest BCUT2D eigenvalue weighted by atomic mass is 19.4. The van der Waals surface area contributed by atoms with Gasteiger partial charge in [0, 0.05) is 6.61 Å². The minimum Gasteiger partial charge on any atom is -0.381 e. The second-order valence-corrected chi connectivity index (χ2v) is 2.02. The molecule has 11 heavy (non-hydrogen) atoms. The smallest absolute Gasteiger partial charge is 0.381 e. The Morgan fingerprint density at radius 3 is 2.18 bits per heavy atom. The molecule has 0 fully saturated rings. The molecule has 0 amide bonds. The van der Waals surface area contributed by atoms with Gasteiger partial charge in [0.25, 0.3) is 0 Å². The van der Waals surface area contributed by atoms with Gasteiger partial charge in [-0.2, -0.15) is 13.2 Å². The molecule has 0 spiro atoms. The maximum atomic E-state index is 11.4. The van der Waals surface area contributed by atoms with Crippen LogP contribution >= 0.6 is 0 Å². The number of ether oxygens (including phenoxy) is 1. The van der Waals surface area contributed by atoms with Gasteiger partial charge < -0.3 is 4.74 Å². The summed E-state index contributed by atoms with van der Waals surface area (Å²) < 4.78 is 50.1. The van der Waals surface area contributed by atoms with Crippen molar-refractivity contribution in [3.8, 4) is 0 Å². The Balaban J connectivity index is 3.02. The van der Waals surface area contributed by atoms with Crippen molar-refractivity contribution in [2.45, 2.75) is 19.0 Å². The summed E-state index contributed by atoms with van der Waals surface area (Å²) in [5.74, 6) is 0. The van der Waals surface area contributed by atoms with Crippen molar-refractivity contribution >= 4 is 0 Å². The maximum absolute atomic E-state index is 11.4. The molecule has 0 aliphatic heterocycles. The first-order valence-electron chi connectivity index (χ1n) is 3.27. The fraction of sp³-hybridized carbons (Fsp3) is 1.00. The molecule has 0 radical (unpaired) electrons. The van der Waals surface area contributed by atoms with Crippen molar-refractivity contribution in [1.82, 2.24) is 0 Å². The Labute approximate surface area is 62.3 Å². The monoisotopic (exact) mass is 174 g/mol. The predicted molar refractivity (Wildman–Crippen MR) is 32.1 cm³/mol. The normalized spacial score (nSPS) is 12.0. The Hall–Kier alpha value is -0.320. The predicted octanol–water partition coefficient (Wildman–Crippen LogP) is 2.32. The van der Waals surface area contributed by atoms with Gasteiger partial charge in [-0.05, 0) is 6.42 Å². The Morgan fingerprint density at radius 1 is 1.09 bits per heavy atom. The molecule has 0 saturated carbocycles. The van der Waals surface area contributed by atoms with Crippen LogP contribution in [0.4, 0.5) is 17.6 Å². The molecule has 0 saturated heterocycles. The van der Waals surface area contributed by atoms with Crippen LogP contribution in [0.25, 0.3) is 0 Å². The SMILES string of the molecule is FCCCOCCC(F)(F)F. The number of halogens is 4. The van der Waals surface area contributed by atoms with E-state index in [4.69, 9.17) is 0 Å².